The molecule has 136 valence electrons. The number of esters is 1. The number of methoxy groups -OCH3 is 1. The lowest BCUT2D eigenvalue weighted by Crippen LogP contribution is -1.98. The molecule has 0 fully saturated rings. The topological polar surface area (TPSA) is 46.5 Å². The molecule has 0 aliphatic rings. The molecule has 0 amide bonds. The number of carbonyl (C=O) groups excluding carboxylic acids is 1. The van der Waals surface area contributed by atoms with Crippen molar-refractivity contribution < 1.29 is 14.6 Å². The molecule has 0 aliphatic heterocycles. The first-order chi connectivity index (χ1) is 11.8. The predicted octanol–water partition coefficient (Wildman–Crippen LogP) is 5.28. The molecule has 0 aromatic rings. The summed E-state index contributed by atoms with van der Waals surface area (Å²) in [5.74, 6) is -0.133. The van der Waals surface area contributed by atoms with E-state index in [9.17, 15) is 4.79 Å². The molecule has 0 aromatic heterocycles. The summed E-state index contributed by atoms with van der Waals surface area (Å²) in [6, 6.07) is 0. The van der Waals surface area contributed by atoms with Gasteiger partial charge < -0.3 is 9.84 Å². The highest BCUT2D eigenvalue weighted by Gasteiger charge is 1.96. The van der Waals surface area contributed by atoms with Gasteiger partial charge in [-0.3, -0.25) is 4.79 Å². The van der Waals surface area contributed by atoms with Crippen molar-refractivity contribution in [3.63, 3.8) is 0 Å². The highest BCUT2D eigenvalue weighted by Crippen LogP contribution is 2.01. The van der Waals surface area contributed by atoms with Crippen LogP contribution in [0, 0.1) is 0 Å². The summed E-state index contributed by atoms with van der Waals surface area (Å²) < 4.78 is 4.59. The van der Waals surface area contributed by atoms with E-state index in [0.717, 1.165) is 51.4 Å². The van der Waals surface area contributed by atoms with Crippen LogP contribution in [0.1, 0.15) is 64.2 Å². The van der Waals surface area contributed by atoms with Crippen LogP contribution in [0.3, 0.4) is 0 Å². The van der Waals surface area contributed by atoms with Gasteiger partial charge in [-0.05, 0) is 51.4 Å². The summed E-state index contributed by atoms with van der Waals surface area (Å²) in [6.45, 7) is 0.311. The summed E-state index contributed by atoms with van der Waals surface area (Å²) in [5.41, 5.74) is 0. The second-order valence-electron chi connectivity index (χ2n) is 5.63. The zero-order valence-electron chi connectivity index (χ0n) is 15.2. The van der Waals surface area contributed by atoms with Gasteiger partial charge in [0.1, 0.15) is 0 Å². The third-order valence-corrected chi connectivity index (χ3v) is 3.49. The lowest BCUT2D eigenvalue weighted by Gasteiger charge is -1.95. The van der Waals surface area contributed by atoms with Gasteiger partial charge in [-0.1, -0.05) is 55.0 Å². The summed E-state index contributed by atoms with van der Waals surface area (Å²) in [6.07, 6.45) is 26.9. The summed E-state index contributed by atoms with van der Waals surface area (Å²) in [7, 11) is 1.43. The fourth-order valence-electron chi connectivity index (χ4n) is 2.07. The molecule has 24 heavy (non-hydrogen) atoms. The van der Waals surface area contributed by atoms with Crippen LogP contribution in [0.15, 0.2) is 48.6 Å². The van der Waals surface area contributed by atoms with Crippen LogP contribution in [-0.2, 0) is 9.53 Å². The minimum Gasteiger partial charge on any atom is -0.469 e. The second kappa shape index (κ2) is 19.4. The molecular formula is C21H34O3. The summed E-state index contributed by atoms with van der Waals surface area (Å²) in [4.78, 5) is 10.9. The number of ether oxygens (including phenoxy) is 1. The van der Waals surface area contributed by atoms with Gasteiger partial charge in [-0.15, -0.1) is 0 Å². The first-order valence-corrected chi connectivity index (χ1v) is 9.09. The Balaban J connectivity index is 3.41. The lowest BCUT2D eigenvalue weighted by molar-refractivity contribution is -0.140. The zero-order chi connectivity index (χ0) is 17.7. The molecule has 0 radical (unpaired) electrons. The third kappa shape index (κ3) is 18.4. The Kier molecular flexibility index (Phi) is 18.1. The van der Waals surface area contributed by atoms with Gasteiger partial charge >= 0.3 is 5.97 Å². The minimum atomic E-state index is -0.133. The molecule has 0 aromatic carbocycles. The first kappa shape index (κ1) is 22.4. The number of unbranched alkanes of at least 4 members (excludes halogenated alkanes) is 4. The number of aliphatic hydroxyl groups excluding tert-OH is 1. The predicted molar refractivity (Wildman–Crippen MR) is 102 cm³/mol. The van der Waals surface area contributed by atoms with E-state index in [1.165, 1.54) is 13.5 Å². The van der Waals surface area contributed by atoms with Crippen molar-refractivity contribution in [3.8, 4) is 0 Å². The van der Waals surface area contributed by atoms with Gasteiger partial charge in [0.25, 0.3) is 0 Å². The van der Waals surface area contributed by atoms with Crippen LogP contribution >= 0.6 is 0 Å². The van der Waals surface area contributed by atoms with Gasteiger partial charge in [0.05, 0.1) is 7.11 Å². The van der Waals surface area contributed by atoms with E-state index in [-0.39, 0.29) is 5.97 Å². The third-order valence-electron chi connectivity index (χ3n) is 3.49. The fraction of sp³-hybridized carbons (Fsp3) is 0.571. The molecule has 0 aliphatic carbocycles. The number of hydrogen-bond donors (Lipinski definition) is 1. The molecule has 0 unspecified atom stereocenters. The Hall–Kier alpha value is -1.61. The number of allylic oxidation sites excluding steroid dienone is 8. The van der Waals surface area contributed by atoms with Crippen molar-refractivity contribution in [1.82, 2.24) is 0 Å². The van der Waals surface area contributed by atoms with Crippen LogP contribution in [0.4, 0.5) is 0 Å². The minimum absolute atomic E-state index is 0.133. The number of hydrogen-bond acceptors (Lipinski definition) is 3. The normalized spacial score (nSPS) is 12.2. The molecule has 0 spiro atoms. The van der Waals surface area contributed by atoms with E-state index in [1.807, 2.05) is 0 Å². The molecule has 0 saturated carbocycles. The lowest BCUT2D eigenvalue weighted by atomic mass is 10.2. The van der Waals surface area contributed by atoms with Gasteiger partial charge in [0.15, 0.2) is 0 Å². The van der Waals surface area contributed by atoms with E-state index < -0.39 is 0 Å². The summed E-state index contributed by atoms with van der Waals surface area (Å²) >= 11 is 0. The van der Waals surface area contributed by atoms with E-state index in [0.29, 0.717) is 13.0 Å². The Bertz CT molecular complexity index is 392. The first-order valence-electron chi connectivity index (χ1n) is 9.09. The van der Waals surface area contributed by atoms with Gasteiger partial charge in [-0.25, -0.2) is 0 Å². The van der Waals surface area contributed by atoms with Crippen molar-refractivity contribution in [2.45, 2.75) is 64.2 Å². The average molecular weight is 335 g/mol. The van der Waals surface area contributed by atoms with Crippen LogP contribution in [0.25, 0.3) is 0 Å². The smallest absolute Gasteiger partial charge is 0.305 e. The van der Waals surface area contributed by atoms with Gasteiger partial charge in [0.2, 0.25) is 0 Å². The molecule has 1 N–H and O–H groups in total. The maximum Gasteiger partial charge on any atom is 0.305 e. The fourth-order valence-corrected chi connectivity index (χ4v) is 2.07. The number of carbonyl (C=O) groups is 1. The molecular weight excluding hydrogens is 300 g/mol. The molecule has 3 heteroatoms. The van der Waals surface area contributed by atoms with Crippen molar-refractivity contribution in [1.29, 1.82) is 0 Å². The standard InChI is InChI=1S/C21H34O3/c1-24-21(23)19-17-15-13-11-9-7-5-3-2-4-6-8-10-12-14-16-18-20-22/h2,4-5,7-8,10-11,13,22H,3,6,9,12,14-20H2,1H3/b4-2+,7-5+,10-8+,13-11+. The average Bonchev–Trinajstić information content (AvgIpc) is 2.60. The summed E-state index contributed by atoms with van der Waals surface area (Å²) in [5, 5.41) is 8.67. The number of aliphatic hydroxyl groups is 1. The highest BCUT2D eigenvalue weighted by molar-refractivity contribution is 5.69. The Morgan fingerprint density at radius 3 is 1.75 bits per heavy atom. The van der Waals surface area contributed by atoms with Crippen molar-refractivity contribution in [2.75, 3.05) is 13.7 Å². The van der Waals surface area contributed by atoms with Crippen LogP contribution in [-0.4, -0.2) is 24.8 Å². The molecule has 0 saturated heterocycles. The highest BCUT2D eigenvalue weighted by atomic mass is 16.5. The van der Waals surface area contributed by atoms with E-state index in [2.05, 4.69) is 53.3 Å². The maximum atomic E-state index is 10.9. The van der Waals surface area contributed by atoms with Crippen molar-refractivity contribution >= 4 is 5.97 Å². The Morgan fingerprint density at radius 1 is 0.750 bits per heavy atom. The van der Waals surface area contributed by atoms with Crippen molar-refractivity contribution in [3.05, 3.63) is 48.6 Å². The quantitative estimate of drug-likeness (QED) is 0.252. The number of rotatable bonds is 15. The van der Waals surface area contributed by atoms with Gasteiger partial charge in [-0.2, -0.15) is 0 Å². The van der Waals surface area contributed by atoms with E-state index >= 15 is 0 Å². The van der Waals surface area contributed by atoms with Crippen molar-refractivity contribution in [2.24, 2.45) is 0 Å². The van der Waals surface area contributed by atoms with Gasteiger partial charge in [0, 0.05) is 13.0 Å². The van der Waals surface area contributed by atoms with Crippen LogP contribution in [0.2, 0.25) is 0 Å². The molecule has 0 rings (SSSR count). The largest absolute Gasteiger partial charge is 0.469 e. The molecule has 0 heterocycles. The second-order valence-corrected chi connectivity index (χ2v) is 5.63. The molecule has 3 nitrogen and oxygen atoms in total. The maximum absolute atomic E-state index is 10.9. The van der Waals surface area contributed by atoms with Crippen LogP contribution in [0.5, 0.6) is 0 Å². The van der Waals surface area contributed by atoms with E-state index in [1.54, 1.807) is 0 Å². The monoisotopic (exact) mass is 334 g/mol. The zero-order valence-corrected chi connectivity index (χ0v) is 15.2. The Morgan fingerprint density at radius 2 is 1.25 bits per heavy atom. The molecule has 0 atom stereocenters. The van der Waals surface area contributed by atoms with Crippen LogP contribution < -0.4 is 0 Å². The Labute approximate surface area is 147 Å². The molecule has 0 bridgehead atoms. The SMILES string of the molecule is COC(=O)CCC/C=C/C/C=C/C/C=C/C/C=C/CCCCCO. The van der Waals surface area contributed by atoms with E-state index in [4.69, 9.17) is 5.11 Å².